The Bertz CT molecular complexity index is 1240. The third kappa shape index (κ3) is 4.21. The molecule has 178 valence electrons. The normalized spacial score (nSPS) is 18.5. The van der Waals surface area contributed by atoms with Gasteiger partial charge in [0, 0.05) is 26.2 Å². The lowest BCUT2D eigenvalue weighted by molar-refractivity contribution is 0.0314. The average molecular weight is 463 g/mol. The summed E-state index contributed by atoms with van der Waals surface area (Å²) in [6, 6.07) is 12.7. The van der Waals surface area contributed by atoms with Crippen molar-refractivity contribution in [2.75, 3.05) is 46.0 Å². The van der Waals surface area contributed by atoms with Crippen LogP contribution in [0.5, 0.6) is 5.75 Å². The SMILES string of the molecule is CCCOc1ccc(C2c3c(oc4ccc(C)cc4c3=O)C(=O)N2CCN2CCOCC2)cc1. The maximum Gasteiger partial charge on any atom is 0.290 e. The highest BCUT2D eigenvalue weighted by Gasteiger charge is 2.42. The fourth-order valence-electron chi connectivity index (χ4n) is 4.75. The van der Waals surface area contributed by atoms with E-state index in [4.69, 9.17) is 13.9 Å². The van der Waals surface area contributed by atoms with Crippen molar-refractivity contribution >= 4 is 16.9 Å². The molecule has 1 atom stereocenters. The molecular formula is C27H30N2O5. The van der Waals surface area contributed by atoms with Gasteiger partial charge in [-0.2, -0.15) is 0 Å². The summed E-state index contributed by atoms with van der Waals surface area (Å²) in [6.07, 6.45) is 0.926. The van der Waals surface area contributed by atoms with Gasteiger partial charge in [-0.05, 0) is 43.2 Å². The minimum absolute atomic E-state index is 0.140. The van der Waals surface area contributed by atoms with E-state index in [1.54, 1.807) is 11.0 Å². The number of carbonyl (C=O) groups excluding carboxylic acids is 1. The number of nitrogens with zero attached hydrogens (tertiary/aromatic N) is 2. The molecule has 7 nitrogen and oxygen atoms in total. The van der Waals surface area contributed by atoms with Crippen LogP contribution in [0.2, 0.25) is 0 Å². The van der Waals surface area contributed by atoms with E-state index in [9.17, 15) is 9.59 Å². The Kier molecular flexibility index (Phi) is 6.39. The summed E-state index contributed by atoms with van der Waals surface area (Å²) >= 11 is 0. The molecule has 0 aliphatic carbocycles. The summed E-state index contributed by atoms with van der Waals surface area (Å²) in [5.41, 5.74) is 2.57. The van der Waals surface area contributed by atoms with Gasteiger partial charge in [0.25, 0.3) is 5.91 Å². The van der Waals surface area contributed by atoms with Gasteiger partial charge in [-0.1, -0.05) is 30.7 Å². The van der Waals surface area contributed by atoms with Crippen molar-refractivity contribution < 1.29 is 18.7 Å². The Balaban J connectivity index is 1.55. The van der Waals surface area contributed by atoms with Gasteiger partial charge in [0.2, 0.25) is 5.76 Å². The second-order valence-electron chi connectivity index (χ2n) is 8.95. The van der Waals surface area contributed by atoms with Crippen LogP contribution in [0.3, 0.4) is 0 Å². The number of fused-ring (bicyclic) bond motifs is 2. The number of rotatable bonds is 7. The fourth-order valence-corrected chi connectivity index (χ4v) is 4.75. The van der Waals surface area contributed by atoms with Crippen LogP contribution in [0.1, 0.15) is 46.6 Å². The van der Waals surface area contributed by atoms with E-state index in [2.05, 4.69) is 11.8 Å². The van der Waals surface area contributed by atoms with Crippen molar-refractivity contribution in [1.82, 2.24) is 9.80 Å². The van der Waals surface area contributed by atoms with Crippen molar-refractivity contribution in [2.45, 2.75) is 26.3 Å². The van der Waals surface area contributed by atoms with Crippen LogP contribution in [-0.2, 0) is 4.74 Å². The fraction of sp³-hybridized carbons (Fsp3) is 0.407. The lowest BCUT2D eigenvalue weighted by Gasteiger charge is -2.31. The number of morpholine rings is 1. The number of carbonyl (C=O) groups is 1. The summed E-state index contributed by atoms with van der Waals surface area (Å²) in [5.74, 6) is 0.690. The minimum Gasteiger partial charge on any atom is -0.494 e. The van der Waals surface area contributed by atoms with Gasteiger partial charge >= 0.3 is 0 Å². The van der Waals surface area contributed by atoms with Gasteiger partial charge in [0.15, 0.2) is 5.43 Å². The van der Waals surface area contributed by atoms with Gasteiger partial charge in [-0.25, -0.2) is 0 Å². The van der Waals surface area contributed by atoms with Gasteiger partial charge in [-0.3, -0.25) is 14.5 Å². The van der Waals surface area contributed by atoms with Crippen molar-refractivity contribution in [3.63, 3.8) is 0 Å². The molecule has 1 saturated heterocycles. The zero-order chi connectivity index (χ0) is 23.7. The maximum absolute atomic E-state index is 13.7. The summed E-state index contributed by atoms with van der Waals surface area (Å²) in [6.45, 7) is 8.92. The van der Waals surface area contributed by atoms with Gasteiger partial charge < -0.3 is 18.8 Å². The first-order chi connectivity index (χ1) is 16.6. The van der Waals surface area contributed by atoms with E-state index in [-0.39, 0.29) is 17.1 Å². The van der Waals surface area contributed by atoms with E-state index in [0.717, 1.165) is 36.4 Å². The van der Waals surface area contributed by atoms with Crippen LogP contribution in [-0.4, -0.2) is 61.7 Å². The molecule has 0 saturated carbocycles. The Hall–Kier alpha value is -3.16. The number of benzene rings is 2. The van der Waals surface area contributed by atoms with Gasteiger partial charge in [-0.15, -0.1) is 0 Å². The Morgan fingerprint density at radius 1 is 1.03 bits per heavy atom. The zero-order valence-corrected chi connectivity index (χ0v) is 19.7. The van der Waals surface area contributed by atoms with Gasteiger partial charge in [0.1, 0.15) is 11.3 Å². The Labute approximate surface area is 198 Å². The topological polar surface area (TPSA) is 72.2 Å². The molecule has 1 aromatic heterocycles. The summed E-state index contributed by atoms with van der Waals surface area (Å²) in [4.78, 5) is 31.3. The van der Waals surface area contributed by atoms with Crippen LogP contribution in [0.15, 0.2) is 51.7 Å². The molecule has 3 aromatic rings. The Morgan fingerprint density at radius 2 is 1.79 bits per heavy atom. The number of hydrogen-bond donors (Lipinski definition) is 0. The molecule has 0 bridgehead atoms. The molecule has 2 aromatic carbocycles. The third-order valence-corrected chi connectivity index (χ3v) is 6.55. The van der Waals surface area contributed by atoms with Crippen LogP contribution in [0.25, 0.3) is 11.0 Å². The van der Waals surface area contributed by atoms with Crippen molar-refractivity contribution in [3.05, 3.63) is 75.1 Å². The predicted octanol–water partition coefficient (Wildman–Crippen LogP) is 3.77. The zero-order valence-electron chi connectivity index (χ0n) is 19.7. The standard InChI is InChI=1S/C27H30N2O5/c1-3-14-33-20-7-5-19(6-8-20)24-23-25(30)21-17-18(2)4-9-22(21)34-26(23)27(31)29(24)11-10-28-12-15-32-16-13-28/h4-9,17,24H,3,10-16H2,1-2H3. The molecule has 2 aliphatic heterocycles. The molecule has 7 heteroatoms. The third-order valence-electron chi connectivity index (χ3n) is 6.55. The molecule has 1 unspecified atom stereocenters. The lowest BCUT2D eigenvalue weighted by atomic mass is 9.98. The predicted molar refractivity (Wildman–Crippen MR) is 130 cm³/mol. The first-order valence-corrected chi connectivity index (χ1v) is 12.0. The molecule has 1 amide bonds. The molecule has 5 rings (SSSR count). The van der Waals surface area contributed by atoms with Crippen LogP contribution in [0, 0.1) is 6.92 Å². The summed E-state index contributed by atoms with van der Waals surface area (Å²) < 4.78 is 17.2. The average Bonchev–Trinajstić information content (AvgIpc) is 3.14. The highest BCUT2D eigenvalue weighted by atomic mass is 16.5. The highest BCUT2D eigenvalue weighted by Crippen LogP contribution is 2.38. The molecule has 0 radical (unpaired) electrons. The molecule has 3 heterocycles. The lowest BCUT2D eigenvalue weighted by Crippen LogP contribution is -2.42. The van der Waals surface area contributed by atoms with E-state index < -0.39 is 6.04 Å². The van der Waals surface area contributed by atoms with Crippen molar-refractivity contribution in [2.24, 2.45) is 0 Å². The second-order valence-corrected chi connectivity index (χ2v) is 8.95. The number of hydrogen-bond acceptors (Lipinski definition) is 6. The molecule has 1 fully saturated rings. The molecule has 0 spiro atoms. The molecule has 0 N–H and O–H groups in total. The van der Waals surface area contributed by atoms with Gasteiger partial charge in [0.05, 0.1) is 36.8 Å². The van der Waals surface area contributed by atoms with Crippen LogP contribution in [0.4, 0.5) is 0 Å². The quantitative estimate of drug-likeness (QED) is 0.532. The number of ether oxygens (including phenoxy) is 2. The first kappa shape index (κ1) is 22.6. The van der Waals surface area contributed by atoms with E-state index in [0.29, 0.717) is 49.4 Å². The molecule has 34 heavy (non-hydrogen) atoms. The van der Waals surface area contributed by atoms with Crippen molar-refractivity contribution in [1.29, 1.82) is 0 Å². The highest BCUT2D eigenvalue weighted by molar-refractivity contribution is 5.99. The smallest absolute Gasteiger partial charge is 0.290 e. The van der Waals surface area contributed by atoms with E-state index in [1.807, 2.05) is 43.3 Å². The monoisotopic (exact) mass is 462 g/mol. The molecule has 2 aliphatic rings. The second kappa shape index (κ2) is 9.60. The van der Waals surface area contributed by atoms with Crippen LogP contribution >= 0.6 is 0 Å². The summed E-state index contributed by atoms with van der Waals surface area (Å²) in [5, 5.41) is 0.509. The maximum atomic E-state index is 13.7. The Morgan fingerprint density at radius 3 is 2.53 bits per heavy atom. The number of aryl methyl sites for hydroxylation is 1. The minimum atomic E-state index is -0.495. The number of amides is 1. The van der Waals surface area contributed by atoms with Crippen molar-refractivity contribution in [3.8, 4) is 5.75 Å². The van der Waals surface area contributed by atoms with Crippen LogP contribution < -0.4 is 10.2 Å². The van der Waals surface area contributed by atoms with E-state index in [1.165, 1.54) is 0 Å². The first-order valence-electron chi connectivity index (χ1n) is 12.0. The largest absolute Gasteiger partial charge is 0.494 e. The molecular weight excluding hydrogens is 432 g/mol. The summed E-state index contributed by atoms with van der Waals surface area (Å²) in [7, 11) is 0. The van der Waals surface area contributed by atoms with E-state index >= 15 is 0 Å².